The summed E-state index contributed by atoms with van der Waals surface area (Å²) in [6.07, 6.45) is 6.31. The van der Waals surface area contributed by atoms with Gasteiger partial charge in [-0.25, -0.2) is 0 Å². The summed E-state index contributed by atoms with van der Waals surface area (Å²) in [5.41, 5.74) is 2.26. The lowest BCUT2D eigenvalue weighted by molar-refractivity contribution is -0.116. The number of carbonyl (C=O) groups is 1. The lowest BCUT2D eigenvalue weighted by Crippen LogP contribution is -2.26. The maximum Gasteiger partial charge on any atom is 0.130 e. The van der Waals surface area contributed by atoms with Crippen molar-refractivity contribution in [3.63, 3.8) is 0 Å². The Hall–Kier alpha value is -1.31. The molecule has 2 rings (SSSR count). The lowest BCUT2D eigenvalue weighted by atomic mass is 9.78. The molecule has 1 aliphatic carbocycles. The molecule has 0 saturated carbocycles. The topological polar surface area (TPSA) is 22.0 Å². The van der Waals surface area contributed by atoms with E-state index in [9.17, 15) is 4.79 Å². The molecule has 0 bridgehead atoms. The van der Waals surface area contributed by atoms with Crippen molar-refractivity contribution in [1.29, 1.82) is 0 Å². The minimum absolute atomic E-state index is 0.270. The van der Waals surface area contributed by atoms with Crippen molar-refractivity contribution in [2.75, 3.05) is 0 Å². The average molecular weight is 231 g/mol. The van der Waals surface area contributed by atoms with Crippen molar-refractivity contribution >= 4 is 6.29 Å². The van der Waals surface area contributed by atoms with Crippen LogP contribution in [0, 0.1) is 25.2 Å². The van der Waals surface area contributed by atoms with Crippen molar-refractivity contribution in [3.05, 3.63) is 35.7 Å². The Morgan fingerprint density at radius 3 is 2.35 bits per heavy atom. The summed E-state index contributed by atoms with van der Waals surface area (Å²) in [7, 11) is 0. The molecule has 1 heterocycles. The highest BCUT2D eigenvalue weighted by Gasteiger charge is 2.38. The van der Waals surface area contributed by atoms with Crippen LogP contribution in [0.25, 0.3) is 0 Å². The Bertz CT molecular complexity index is 436. The van der Waals surface area contributed by atoms with E-state index in [0.29, 0.717) is 12.0 Å². The first-order valence-electron chi connectivity index (χ1n) is 6.30. The van der Waals surface area contributed by atoms with Crippen LogP contribution in [0.1, 0.15) is 37.7 Å². The van der Waals surface area contributed by atoms with Crippen molar-refractivity contribution < 1.29 is 4.79 Å². The van der Waals surface area contributed by atoms with Gasteiger partial charge in [-0.1, -0.05) is 26.0 Å². The summed E-state index contributed by atoms with van der Waals surface area (Å²) in [5, 5.41) is 0. The van der Waals surface area contributed by atoms with Gasteiger partial charge in [0.2, 0.25) is 0 Å². The van der Waals surface area contributed by atoms with Gasteiger partial charge in [0.15, 0.2) is 0 Å². The summed E-state index contributed by atoms with van der Waals surface area (Å²) >= 11 is 0. The zero-order chi connectivity index (χ0) is 12.6. The van der Waals surface area contributed by atoms with Gasteiger partial charge in [-0.15, -0.1) is 0 Å². The standard InChI is InChI=1S/C15H21NO/c1-11(2)15(10-17)8-7-14(9-15)16-12(3)5-6-13(16)4/h5-8,10-11,14H,9H2,1-4H3/t14-,15-/m1/s1. The van der Waals surface area contributed by atoms with Gasteiger partial charge in [0, 0.05) is 16.8 Å². The van der Waals surface area contributed by atoms with E-state index in [4.69, 9.17) is 0 Å². The number of carbonyl (C=O) groups excluding carboxylic acids is 1. The minimum atomic E-state index is -0.270. The monoisotopic (exact) mass is 231 g/mol. The second kappa shape index (κ2) is 4.17. The van der Waals surface area contributed by atoms with Crippen molar-refractivity contribution in [2.24, 2.45) is 11.3 Å². The van der Waals surface area contributed by atoms with Crippen LogP contribution in [-0.2, 0) is 4.79 Å². The van der Waals surface area contributed by atoms with Crippen LogP contribution in [0.3, 0.4) is 0 Å². The number of aromatic nitrogens is 1. The molecule has 0 aliphatic heterocycles. The first-order valence-corrected chi connectivity index (χ1v) is 6.30. The van der Waals surface area contributed by atoms with Crippen LogP contribution in [-0.4, -0.2) is 10.9 Å². The van der Waals surface area contributed by atoms with Crippen LogP contribution in [0.2, 0.25) is 0 Å². The molecule has 17 heavy (non-hydrogen) atoms. The molecule has 1 aromatic heterocycles. The van der Waals surface area contributed by atoms with Crippen LogP contribution < -0.4 is 0 Å². The number of hydrogen-bond acceptors (Lipinski definition) is 1. The third kappa shape index (κ3) is 1.86. The first kappa shape index (κ1) is 12.2. The Morgan fingerprint density at radius 1 is 1.35 bits per heavy atom. The van der Waals surface area contributed by atoms with Gasteiger partial charge < -0.3 is 9.36 Å². The van der Waals surface area contributed by atoms with E-state index in [-0.39, 0.29) is 5.41 Å². The molecule has 0 radical (unpaired) electrons. The van der Waals surface area contributed by atoms with Gasteiger partial charge >= 0.3 is 0 Å². The number of rotatable bonds is 3. The fraction of sp³-hybridized carbons (Fsp3) is 0.533. The second-order valence-electron chi connectivity index (χ2n) is 5.50. The quantitative estimate of drug-likeness (QED) is 0.577. The fourth-order valence-corrected chi connectivity index (χ4v) is 2.82. The lowest BCUT2D eigenvalue weighted by Gasteiger charge is -2.27. The third-order valence-corrected chi connectivity index (χ3v) is 4.14. The van der Waals surface area contributed by atoms with Gasteiger partial charge in [0.05, 0.1) is 6.04 Å². The average Bonchev–Trinajstić information content (AvgIpc) is 2.84. The van der Waals surface area contributed by atoms with E-state index in [2.05, 4.69) is 56.5 Å². The second-order valence-corrected chi connectivity index (χ2v) is 5.50. The molecule has 2 nitrogen and oxygen atoms in total. The molecule has 1 aliphatic rings. The Labute approximate surface area is 103 Å². The molecule has 0 N–H and O–H groups in total. The van der Waals surface area contributed by atoms with Gasteiger partial charge in [0.25, 0.3) is 0 Å². The zero-order valence-corrected chi connectivity index (χ0v) is 11.1. The highest BCUT2D eigenvalue weighted by molar-refractivity contribution is 5.64. The van der Waals surface area contributed by atoms with Crippen molar-refractivity contribution in [2.45, 2.75) is 40.2 Å². The number of aryl methyl sites for hydroxylation is 2. The van der Waals surface area contributed by atoms with Gasteiger partial charge in [-0.3, -0.25) is 0 Å². The maximum absolute atomic E-state index is 11.4. The van der Waals surface area contributed by atoms with E-state index >= 15 is 0 Å². The summed E-state index contributed by atoms with van der Waals surface area (Å²) in [5.74, 6) is 0.359. The normalized spacial score (nSPS) is 27.9. The molecule has 2 atom stereocenters. The highest BCUT2D eigenvalue weighted by atomic mass is 16.1. The molecule has 0 spiro atoms. The highest BCUT2D eigenvalue weighted by Crippen LogP contribution is 2.43. The van der Waals surface area contributed by atoms with Gasteiger partial charge in [0.1, 0.15) is 6.29 Å². The number of hydrogen-bond donors (Lipinski definition) is 0. The Balaban J connectivity index is 2.30. The third-order valence-electron chi connectivity index (χ3n) is 4.14. The molecule has 92 valence electrons. The van der Waals surface area contributed by atoms with E-state index in [1.807, 2.05) is 0 Å². The summed E-state index contributed by atoms with van der Waals surface area (Å²) in [6, 6.07) is 4.61. The van der Waals surface area contributed by atoms with Crippen molar-refractivity contribution in [3.8, 4) is 0 Å². The largest absolute Gasteiger partial charge is 0.342 e. The summed E-state index contributed by atoms with van der Waals surface area (Å²) in [6.45, 7) is 8.49. The number of nitrogens with zero attached hydrogens (tertiary/aromatic N) is 1. The van der Waals surface area contributed by atoms with Gasteiger partial charge in [-0.2, -0.15) is 0 Å². The first-order chi connectivity index (χ1) is 8.00. The molecule has 1 aromatic rings. The van der Waals surface area contributed by atoms with Crippen LogP contribution >= 0.6 is 0 Å². The van der Waals surface area contributed by atoms with E-state index < -0.39 is 0 Å². The Kier molecular flexibility index (Phi) is 2.98. The van der Waals surface area contributed by atoms with Gasteiger partial charge in [-0.05, 0) is 38.3 Å². The van der Waals surface area contributed by atoms with E-state index in [1.165, 1.54) is 11.4 Å². The molecule has 0 aromatic carbocycles. The molecule has 0 saturated heterocycles. The van der Waals surface area contributed by atoms with Crippen molar-refractivity contribution in [1.82, 2.24) is 4.57 Å². The van der Waals surface area contributed by atoms with Crippen LogP contribution in [0.5, 0.6) is 0 Å². The summed E-state index contributed by atoms with van der Waals surface area (Å²) in [4.78, 5) is 11.4. The molecule has 0 fully saturated rings. The predicted octanol–water partition coefficient (Wildman–Crippen LogP) is 3.45. The molecular weight excluding hydrogens is 210 g/mol. The van der Waals surface area contributed by atoms with E-state index in [1.54, 1.807) is 0 Å². The minimum Gasteiger partial charge on any atom is -0.342 e. The van der Waals surface area contributed by atoms with Crippen LogP contribution in [0.15, 0.2) is 24.3 Å². The Morgan fingerprint density at radius 2 is 1.94 bits per heavy atom. The number of allylic oxidation sites excluding steroid dienone is 2. The van der Waals surface area contributed by atoms with Crippen LogP contribution in [0.4, 0.5) is 0 Å². The summed E-state index contributed by atoms with van der Waals surface area (Å²) < 4.78 is 2.32. The molecular formula is C15H21NO. The smallest absolute Gasteiger partial charge is 0.130 e. The predicted molar refractivity (Wildman–Crippen MR) is 70.0 cm³/mol. The molecule has 0 unspecified atom stereocenters. The number of aldehydes is 1. The maximum atomic E-state index is 11.4. The molecule has 2 heteroatoms. The fourth-order valence-electron chi connectivity index (χ4n) is 2.82. The van der Waals surface area contributed by atoms with E-state index in [0.717, 1.165) is 12.7 Å². The zero-order valence-electron chi connectivity index (χ0n) is 11.1. The molecule has 0 amide bonds. The SMILES string of the molecule is Cc1ccc(C)n1[C@@H]1C=C[C@@](C=O)(C(C)C)C1.